The smallest absolute Gasteiger partial charge is 0.290 e. The highest BCUT2D eigenvalue weighted by atomic mass is 16.5. The minimum atomic E-state index is -0.845. The van der Waals surface area contributed by atoms with Crippen molar-refractivity contribution in [1.29, 1.82) is 0 Å². The molecule has 2 aromatic heterocycles. The van der Waals surface area contributed by atoms with Crippen LogP contribution in [0.3, 0.4) is 0 Å². The predicted octanol–water partition coefficient (Wildman–Crippen LogP) is 5.64. The molecule has 1 aliphatic rings. The Hall–Kier alpha value is -4.39. The largest absolute Gasteiger partial charge is 0.503 e. The second-order valence-corrected chi connectivity index (χ2v) is 9.17. The summed E-state index contributed by atoms with van der Waals surface area (Å²) in [6, 6.07) is 20.7. The Morgan fingerprint density at radius 1 is 1.08 bits per heavy atom. The molecule has 5 rings (SSSR count). The number of Topliss-reactive ketones (excluding diaryl/α,β-unsaturated/α-hetero) is 1. The highest BCUT2D eigenvalue weighted by molar-refractivity contribution is 6.16. The van der Waals surface area contributed by atoms with Crippen molar-refractivity contribution in [3.63, 3.8) is 0 Å². The van der Waals surface area contributed by atoms with E-state index in [0.717, 1.165) is 5.39 Å². The van der Waals surface area contributed by atoms with E-state index in [0.29, 0.717) is 35.1 Å². The highest BCUT2D eigenvalue weighted by Gasteiger charge is 2.44. The highest BCUT2D eigenvalue weighted by Crippen LogP contribution is 2.41. The third-order valence-corrected chi connectivity index (χ3v) is 6.01. The van der Waals surface area contributed by atoms with Gasteiger partial charge in [-0.1, -0.05) is 50.2 Å². The van der Waals surface area contributed by atoms with Crippen molar-refractivity contribution in [2.24, 2.45) is 5.92 Å². The molecule has 1 unspecified atom stereocenters. The molecule has 36 heavy (non-hydrogen) atoms. The first kappa shape index (κ1) is 23.4. The van der Waals surface area contributed by atoms with Gasteiger partial charge in [-0.25, -0.2) is 0 Å². The molecule has 1 atom stereocenters. The van der Waals surface area contributed by atoms with Gasteiger partial charge >= 0.3 is 0 Å². The Balaban J connectivity index is 1.58. The number of furan rings is 1. The van der Waals surface area contributed by atoms with E-state index < -0.39 is 23.5 Å². The van der Waals surface area contributed by atoms with Gasteiger partial charge in [-0.05, 0) is 47.9 Å². The summed E-state index contributed by atoms with van der Waals surface area (Å²) in [7, 11) is 0. The van der Waals surface area contributed by atoms with Crippen LogP contribution >= 0.6 is 0 Å². The van der Waals surface area contributed by atoms with E-state index in [2.05, 4.69) is 18.8 Å². The first-order chi connectivity index (χ1) is 17.4. The van der Waals surface area contributed by atoms with Gasteiger partial charge in [0.2, 0.25) is 5.78 Å². The monoisotopic (exact) mass is 482 g/mol. The molecule has 1 amide bonds. The average molecular weight is 483 g/mol. The maximum Gasteiger partial charge on any atom is 0.290 e. The zero-order valence-electron chi connectivity index (χ0n) is 20.0. The number of nitrogens with zero attached hydrogens (tertiary/aromatic N) is 2. The number of carbonyl (C=O) groups excluding carboxylic acids is 2. The number of carbonyl (C=O) groups is 2. The van der Waals surface area contributed by atoms with Gasteiger partial charge in [0.05, 0.1) is 30.5 Å². The van der Waals surface area contributed by atoms with Crippen LogP contribution in [-0.2, 0) is 11.3 Å². The number of ketones is 1. The molecule has 0 saturated heterocycles. The van der Waals surface area contributed by atoms with Crippen LogP contribution in [0.15, 0.2) is 94.7 Å². The average Bonchev–Trinajstić information content (AvgIpc) is 3.43. The molecule has 1 N–H and O–H groups in total. The summed E-state index contributed by atoms with van der Waals surface area (Å²) >= 11 is 0. The fourth-order valence-electron chi connectivity index (χ4n) is 4.33. The zero-order valence-corrected chi connectivity index (χ0v) is 20.0. The molecule has 0 radical (unpaired) electrons. The lowest BCUT2D eigenvalue weighted by Crippen LogP contribution is -2.31. The van der Waals surface area contributed by atoms with Gasteiger partial charge in [0.25, 0.3) is 5.91 Å². The number of para-hydroxylation sites is 1. The number of aliphatic hydroxyl groups is 1. The zero-order chi connectivity index (χ0) is 25.2. The number of fused-ring (bicyclic) bond motifs is 1. The Kier molecular flexibility index (Phi) is 6.29. The molecule has 1 aliphatic heterocycles. The standard InChI is InChI=1S/C29H26N2O5/c1-18(2)17-35-22-11-7-9-20(14-22)26-25(27(32)24-15-19-8-3-4-12-23(19)36-24)28(33)29(34)31(26)16-21-10-5-6-13-30-21/h3-15,18,26,33H,16-17H2,1-2H3. The third-order valence-electron chi connectivity index (χ3n) is 6.01. The number of aromatic nitrogens is 1. The van der Waals surface area contributed by atoms with E-state index in [1.807, 2.05) is 42.5 Å². The molecule has 2 aromatic carbocycles. The Labute approximate surface area is 208 Å². The van der Waals surface area contributed by atoms with Crippen LogP contribution in [0.5, 0.6) is 5.75 Å². The van der Waals surface area contributed by atoms with Crippen molar-refractivity contribution < 1.29 is 23.8 Å². The van der Waals surface area contributed by atoms with Gasteiger partial charge in [0.1, 0.15) is 11.3 Å². The molecule has 0 saturated carbocycles. The van der Waals surface area contributed by atoms with Gasteiger partial charge < -0.3 is 19.2 Å². The lowest BCUT2D eigenvalue weighted by molar-refractivity contribution is -0.130. The fourth-order valence-corrected chi connectivity index (χ4v) is 4.33. The van der Waals surface area contributed by atoms with Crippen molar-refractivity contribution in [3.05, 3.63) is 107 Å². The maximum absolute atomic E-state index is 13.7. The van der Waals surface area contributed by atoms with Crippen LogP contribution < -0.4 is 4.74 Å². The molecule has 0 aliphatic carbocycles. The molecule has 0 fully saturated rings. The fraction of sp³-hybridized carbons (Fsp3) is 0.207. The summed E-state index contributed by atoms with van der Waals surface area (Å²) in [5, 5.41) is 11.7. The van der Waals surface area contributed by atoms with Gasteiger partial charge in [0, 0.05) is 11.6 Å². The number of rotatable bonds is 8. The van der Waals surface area contributed by atoms with E-state index in [1.165, 1.54) is 4.90 Å². The topological polar surface area (TPSA) is 92.9 Å². The summed E-state index contributed by atoms with van der Waals surface area (Å²) in [6.07, 6.45) is 1.64. The Morgan fingerprint density at radius 2 is 1.89 bits per heavy atom. The molecule has 7 nitrogen and oxygen atoms in total. The summed E-state index contributed by atoms with van der Waals surface area (Å²) in [4.78, 5) is 32.8. The summed E-state index contributed by atoms with van der Waals surface area (Å²) in [5.41, 5.74) is 1.80. The predicted molar refractivity (Wildman–Crippen MR) is 135 cm³/mol. The van der Waals surface area contributed by atoms with Crippen molar-refractivity contribution in [2.75, 3.05) is 6.61 Å². The molecule has 0 spiro atoms. The van der Waals surface area contributed by atoms with Crippen molar-refractivity contribution >= 4 is 22.7 Å². The number of hydrogen-bond acceptors (Lipinski definition) is 6. The molecular weight excluding hydrogens is 456 g/mol. The first-order valence-corrected chi connectivity index (χ1v) is 11.8. The minimum absolute atomic E-state index is 0.0315. The van der Waals surface area contributed by atoms with Crippen LogP contribution in [0.1, 0.15) is 41.7 Å². The SMILES string of the molecule is CC(C)COc1cccc(C2C(C(=O)c3cc4ccccc4o3)=C(O)C(=O)N2Cc2ccccn2)c1. The quantitative estimate of drug-likeness (QED) is 0.327. The summed E-state index contributed by atoms with van der Waals surface area (Å²) in [5.74, 6) is -0.764. The lowest BCUT2D eigenvalue weighted by atomic mass is 9.94. The second-order valence-electron chi connectivity index (χ2n) is 9.17. The van der Waals surface area contributed by atoms with Gasteiger partial charge in [-0.3, -0.25) is 14.6 Å². The van der Waals surface area contributed by atoms with Gasteiger partial charge in [0.15, 0.2) is 11.5 Å². The van der Waals surface area contributed by atoms with Gasteiger partial charge in [-0.15, -0.1) is 0 Å². The maximum atomic E-state index is 13.7. The summed E-state index contributed by atoms with van der Waals surface area (Å²) in [6.45, 7) is 4.75. The third kappa shape index (κ3) is 4.47. The van der Waals surface area contributed by atoms with E-state index in [1.54, 1.807) is 36.5 Å². The Bertz CT molecular complexity index is 1420. The van der Waals surface area contributed by atoms with Crippen LogP contribution in [-0.4, -0.2) is 33.3 Å². The van der Waals surface area contributed by atoms with Crippen LogP contribution in [0, 0.1) is 5.92 Å². The molecular formula is C29H26N2O5. The lowest BCUT2D eigenvalue weighted by Gasteiger charge is -2.26. The number of amides is 1. The van der Waals surface area contributed by atoms with Crippen LogP contribution in [0.2, 0.25) is 0 Å². The van der Waals surface area contributed by atoms with Gasteiger partial charge in [-0.2, -0.15) is 0 Å². The van der Waals surface area contributed by atoms with Crippen LogP contribution in [0.4, 0.5) is 0 Å². The molecule has 7 heteroatoms. The number of aliphatic hydroxyl groups excluding tert-OH is 1. The van der Waals surface area contributed by atoms with E-state index >= 15 is 0 Å². The van der Waals surface area contributed by atoms with Crippen LogP contribution in [0.25, 0.3) is 11.0 Å². The second kappa shape index (κ2) is 9.70. The van der Waals surface area contributed by atoms with E-state index in [4.69, 9.17) is 9.15 Å². The minimum Gasteiger partial charge on any atom is -0.503 e. The van der Waals surface area contributed by atoms with Crippen molar-refractivity contribution in [3.8, 4) is 5.75 Å². The molecule has 182 valence electrons. The van der Waals surface area contributed by atoms with Crippen molar-refractivity contribution in [2.45, 2.75) is 26.4 Å². The normalized spacial score (nSPS) is 15.8. The summed E-state index contributed by atoms with van der Waals surface area (Å²) < 4.78 is 11.7. The van der Waals surface area contributed by atoms with E-state index in [9.17, 15) is 14.7 Å². The molecule has 4 aromatic rings. The molecule has 0 bridgehead atoms. The Morgan fingerprint density at radius 3 is 2.64 bits per heavy atom. The molecule has 3 heterocycles. The number of ether oxygens (including phenoxy) is 1. The number of benzene rings is 2. The number of hydrogen-bond donors (Lipinski definition) is 1. The van der Waals surface area contributed by atoms with E-state index in [-0.39, 0.29) is 17.9 Å². The van der Waals surface area contributed by atoms with Crippen molar-refractivity contribution in [1.82, 2.24) is 9.88 Å². The number of pyridine rings is 1. The first-order valence-electron chi connectivity index (χ1n) is 11.8.